The van der Waals surface area contributed by atoms with E-state index in [4.69, 9.17) is 4.43 Å². The largest absolute Gasteiger partial charge is 0.543 e. The van der Waals surface area contributed by atoms with Crippen LogP contribution in [0, 0.1) is 10.5 Å². The topological polar surface area (TPSA) is 77.4 Å². The van der Waals surface area contributed by atoms with Gasteiger partial charge in [-0.2, -0.15) is 0 Å². The molecule has 0 atom stereocenters. The summed E-state index contributed by atoms with van der Waals surface area (Å²) >= 11 is 2.26. The van der Waals surface area contributed by atoms with Gasteiger partial charge in [0.1, 0.15) is 5.75 Å². The first kappa shape index (κ1) is 26.7. The highest BCUT2D eigenvalue weighted by atomic mass is 127. The molecule has 0 aliphatic rings. The van der Waals surface area contributed by atoms with Crippen molar-refractivity contribution >= 4 is 57.7 Å². The van der Waals surface area contributed by atoms with Crippen molar-refractivity contribution in [3.63, 3.8) is 0 Å². The second kappa shape index (κ2) is 9.66. The first-order valence-corrected chi connectivity index (χ1v) is 16.7. The number of carbonyl (C=O) groups is 1. The number of rotatable bonds is 7. The number of hydrogen-bond donors (Lipinski definition) is 1. The van der Waals surface area contributed by atoms with Crippen molar-refractivity contribution in [2.45, 2.75) is 64.1 Å². The number of aromatic nitrogens is 1. The van der Waals surface area contributed by atoms with Gasteiger partial charge in [-0.3, -0.25) is 4.79 Å². The summed E-state index contributed by atoms with van der Waals surface area (Å²) in [4.78, 5) is 11.7. The summed E-state index contributed by atoms with van der Waals surface area (Å²) in [6.07, 6.45) is 2.19. The van der Waals surface area contributed by atoms with Gasteiger partial charge < -0.3 is 9.74 Å². The average Bonchev–Trinajstić information content (AvgIpc) is 3.09. The van der Waals surface area contributed by atoms with Crippen LogP contribution in [0.25, 0.3) is 10.9 Å². The van der Waals surface area contributed by atoms with Crippen LogP contribution >= 0.6 is 22.6 Å². The smallest absolute Gasteiger partial charge is 0.268 e. The Bertz CT molecular complexity index is 1320. The number of benzene rings is 2. The zero-order chi connectivity index (χ0) is 25.5. The Labute approximate surface area is 217 Å². The Hall–Kier alpha value is -1.85. The molecule has 0 unspecified atom stereocenters. The number of amides is 1. The third-order valence-electron chi connectivity index (χ3n) is 6.43. The van der Waals surface area contributed by atoms with Crippen LogP contribution in [-0.2, 0) is 21.2 Å². The van der Waals surface area contributed by atoms with E-state index in [2.05, 4.69) is 61.8 Å². The van der Waals surface area contributed by atoms with Crippen LogP contribution in [0.1, 0.15) is 38.8 Å². The molecule has 0 spiro atoms. The molecule has 0 saturated carbocycles. The molecular weight excluding hydrogens is 579 g/mol. The Balaban J connectivity index is 2.19. The van der Waals surface area contributed by atoms with Gasteiger partial charge in [0.15, 0.2) is 0 Å². The van der Waals surface area contributed by atoms with E-state index in [0.717, 1.165) is 25.8 Å². The van der Waals surface area contributed by atoms with E-state index in [0.29, 0.717) is 18.5 Å². The second-order valence-corrected chi connectivity index (χ2v) is 17.8. The summed E-state index contributed by atoms with van der Waals surface area (Å²) in [5, 5.41) is 3.69. The van der Waals surface area contributed by atoms with Crippen LogP contribution in [0.4, 0.5) is 0 Å². The predicted molar refractivity (Wildman–Crippen MR) is 149 cm³/mol. The van der Waals surface area contributed by atoms with Crippen molar-refractivity contribution in [2.75, 3.05) is 6.54 Å². The number of nitrogens with one attached hydrogen (secondary N) is 1. The molecule has 6 nitrogen and oxygen atoms in total. The molecule has 1 heterocycles. The lowest BCUT2D eigenvalue weighted by molar-refractivity contribution is -0.118. The van der Waals surface area contributed by atoms with Gasteiger partial charge in [-0.05, 0) is 83.9 Å². The number of halogens is 1. The third-order valence-corrected chi connectivity index (χ3v) is 13.5. The Kier molecular flexibility index (Phi) is 7.60. The van der Waals surface area contributed by atoms with Crippen LogP contribution in [-0.4, -0.2) is 33.2 Å². The number of carbonyl (C=O) groups excluding carboxylic acids is 1. The predicted octanol–water partition coefficient (Wildman–Crippen LogP) is 5.85. The lowest BCUT2D eigenvalue weighted by Crippen LogP contribution is -2.44. The number of fused-ring (bicyclic) bond motifs is 1. The fourth-order valence-corrected chi connectivity index (χ4v) is 6.93. The summed E-state index contributed by atoms with van der Waals surface area (Å²) in [6.45, 7) is 14.8. The minimum Gasteiger partial charge on any atom is -0.543 e. The van der Waals surface area contributed by atoms with Crippen LogP contribution in [0.5, 0.6) is 5.75 Å². The monoisotopic (exact) mass is 612 g/mol. The van der Waals surface area contributed by atoms with Gasteiger partial charge in [-0.1, -0.05) is 38.5 Å². The molecule has 0 bridgehead atoms. The van der Waals surface area contributed by atoms with Crippen molar-refractivity contribution in [3.05, 3.63) is 57.3 Å². The minimum atomic E-state index is -3.80. The van der Waals surface area contributed by atoms with Gasteiger partial charge in [0, 0.05) is 25.1 Å². The summed E-state index contributed by atoms with van der Waals surface area (Å²) in [6, 6.07) is 10.6. The molecule has 9 heteroatoms. The van der Waals surface area contributed by atoms with E-state index in [1.165, 1.54) is 10.9 Å². The van der Waals surface area contributed by atoms with E-state index in [9.17, 15) is 13.2 Å². The molecule has 0 radical (unpaired) electrons. The molecule has 34 heavy (non-hydrogen) atoms. The van der Waals surface area contributed by atoms with Crippen LogP contribution in [0.3, 0.4) is 0 Å². The van der Waals surface area contributed by atoms with Crippen LogP contribution < -0.4 is 9.74 Å². The zero-order valence-electron chi connectivity index (χ0n) is 20.8. The van der Waals surface area contributed by atoms with Crippen LogP contribution in [0.15, 0.2) is 47.5 Å². The van der Waals surface area contributed by atoms with Gasteiger partial charge >= 0.3 is 0 Å². The van der Waals surface area contributed by atoms with E-state index in [1.54, 1.807) is 30.5 Å². The van der Waals surface area contributed by atoms with Crippen molar-refractivity contribution in [2.24, 2.45) is 0 Å². The molecule has 0 aliphatic carbocycles. The molecule has 0 saturated heterocycles. The van der Waals surface area contributed by atoms with E-state index in [1.807, 2.05) is 19.1 Å². The fraction of sp³-hybridized carbons (Fsp3) is 0.400. The van der Waals surface area contributed by atoms with Gasteiger partial charge in [-0.25, -0.2) is 12.4 Å². The molecule has 3 rings (SSSR count). The van der Waals surface area contributed by atoms with Crippen LogP contribution in [0.2, 0.25) is 18.1 Å². The standard InChI is InChI=1S/C25H33IN2O4SSi/c1-17-8-10-20(11-9-17)33(30,31)28-16-19(14-15-27-18(2)29)23-21(28)12-13-22(24(23)26)32-34(6,7)25(3,4)5/h8-13,16H,14-15H2,1-7H3,(H,27,29). The van der Waals surface area contributed by atoms with Crippen molar-refractivity contribution in [1.29, 1.82) is 0 Å². The first-order chi connectivity index (χ1) is 15.6. The van der Waals surface area contributed by atoms with Crippen molar-refractivity contribution in [1.82, 2.24) is 9.29 Å². The fourth-order valence-electron chi connectivity index (χ4n) is 3.40. The summed E-state index contributed by atoms with van der Waals surface area (Å²) in [5.41, 5.74) is 2.45. The Morgan fingerprint density at radius 3 is 2.29 bits per heavy atom. The molecule has 3 aromatic rings. The quantitative estimate of drug-likeness (QED) is 0.268. The van der Waals surface area contributed by atoms with Gasteiger partial charge in [-0.15, -0.1) is 0 Å². The lowest BCUT2D eigenvalue weighted by Gasteiger charge is -2.36. The van der Waals surface area contributed by atoms with Crippen molar-refractivity contribution < 1.29 is 17.6 Å². The lowest BCUT2D eigenvalue weighted by atomic mass is 10.1. The maximum atomic E-state index is 13.6. The highest BCUT2D eigenvalue weighted by molar-refractivity contribution is 14.1. The van der Waals surface area contributed by atoms with Gasteiger partial charge in [0.2, 0.25) is 5.91 Å². The maximum absolute atomic E-state index is 13.6. The van der Waals surface area contributed by atoms with E-state index in [-0.39, 0.29) is 15.8 Å². The highest BCUT2D eigenvalue weighted by Gasteiger charge is 2.39. The first-order valence-electron chi connectivity index (χ1n) is 11.2. The number of hydrogen-bond acceptors (Lipinski definition) is 4. The molecule has 1 amide bonds. The molecule has 1 aromatic heterocycles. The number of nitrogens with zero attached hydrogens (tertiary/aromatic N) is 1. The van der Waals surface area contributed by atoms with Gasteiger partial charge in [0.05, 0.1) is 14.0 Å². The zero-order valence-corrected chi connectivity index (χ0v) is 24.8. The second-order valence-electron chi connectivity index (χ2n) is 10.1. The number of aryl methyl sites for hydroxylation is 1. The molecule has 2 aromatic carbocycles. The SMILES string of the molecule is CC(=O)NCCc1cn(S(=O)(=O)c2ccc(C)cc2)c2ccc(O[Si](C)(C)C(C)(C)C)c(I)c12. The molecule has 1 N–H and O–H groups in total. The average molecular weight is 613 g/mol. The summed E-state index contributed by atoms with van der Waals surface area (Å²) in [7, 11) is -5.89. The summed E-state index contributed by atoms with van der Waals surface area (Å²) < 4.78 is 36.0. The van der Waals surface area contributed by atoms with E-state index < -0.39 is 18.3 Å². The minimum absolute atomic E-state index is 0.0278. The van der Waals surface area contributed by atoms with Crippen molar-refractivity contribution in [3.8, 4) is 5.75 Å². The third kappa shape index (κ3) is 5.36. The Morgan fingerprint density at radius 2 is 1.74 bits per heavy atom. The van der Waals surface area contributed by atoms with Gasteiger partial charge in [0.25, 0.3) is 18.3 Å². The molecule has 184 valence electrons. The maximum Gasteiger partial charge on any atom is 0.268 e. The molecule has 0 fully saturated rings. The summed E-state index contributed by atoms with van der Waals surface area (Å²) in [5.74, 6) is 0.651. The van der Waals surface area contributed by atoms with E-state index >= 15 is 0 Å². The normalized spacial score (nSPS) is 12.7. The molecule has 0 aliphatic heterocycles. The molecular formula is C25H33IN2O4SSi. The highest BCUT2D eigenvalue weighted by Crippen LogP contribution is 2.41. The Morgan fingerprint density at radius 1 is 1.12 bits per heavy atom.